The van der Waals surface area contributed by atoms with Crippen LogP contribution in [0.2, 0.25) is 0 Å². The average molecular weight is 361 g/mol. The molecule has 2 heterocycles. The number of hydrogen-bond acceptors (Lipinski definition) is 4. The third-order valence-electron chi connectivity index (χ3n) is 3.30. The molecule has 0 aliphatic heterocycles. The monoisotopic (exact) mass is 361 g/mol. The van der Waals surface area contributed by atoms with Crippen molar-refractivity contribution in [2.24, 2.45) is 0 Å². The number of thioether (sulfide) groups is 1. The van der Waals surface area contributed by atoms with Crippen molar-refractivity contribution in [3.8, 4) is 10.6 Å². The molecule has 0 unspecified atom stereocenters. The van der Waals surface area contributed by atoms with Crippen molar-refractivity contribution in [1.82, 2.24) is 5.32 Å². The number of rotatable bonds is 7. The summed E-state index contributed by atoms with van der Waals surface area (Å²) < 4.78 is 18.2. The van der Waals surface area contributed by atoms with Gasteiger partial charge in [-0.2, -0.15) is 0 Å². The predicted molar refractivity (Wildman–Crippen MR) is 95.9 cm³/mol. The molecule has 0 aliphatic carbocycles. The van der Waals surface area contributed by atoms with Crippen LogP contribution in [-0.2, 0) is 11.2 Å². The van der Waals surface area contributed by atoms with Gasteiger partial charge in [0.2, 0.25) is 5.91 Å². The number of halogens is 1. The van der Waals surface area contributed by atoms with Crippen LogP contribution in [0.5, 0.6) is 0 Å². The first kappa shape index (κ1) is 16.8. The minimum Gasteiger partial charge on any atom is -0.464 e. The summed E-state index contributed by atoms with van der Waals surface area (Å²) >= 11 is 3.07. The van der Waals surface area contributed by atoms with Gasteiger partial charge >= 0.3 is 0 Å². The zero-order chi connectivity index (χ0) is 16.8. The van der Waals surface area contributed by atoms with Crippen molar-refractivity contribution >= 4 is 29.0 Å². The summed E-state index contributed by atoms with van der Waals surface area (Å²) in [7, 11) is 0. The molecule has 0 spiro atoms. The fourth-order valence-corrected chi connectivity index (χ4v) is 3.82. The molecule has 124 valence electrons. The lowest BCUT2D eigenvalue weighted by molar-refractivity contribution is -0.118. The number of thiophene rings is 1. The molecule has 0 fully saturated rings. The second kappa shape index (κ2) is 8.17. The van der Waals surface area contributed by atoms with Crippen molar-refractivity contribution in [2.75, 3.05) is 12.3 Å². The number of carbonyl (C=O) groups excluding carboxylic acids is 1. The minimum absolute atomic E-state index is 0.0212. The van der Waals surface area contributed by atoms with E-state index in [1.807, 2.05) is 18.2 Å². The number of nitrogens with one attached hydrogen (secondary N) is 1. The van der Waals surface area contributed by atoms with Gasteiger partial charge in [-0.25, -0.2) is 4.39 Å². The van der Waals surface area contributed by atoms with E-state index in [0.29, 0.717) is 12.3 Å². The zero-order valence-corrected chi connectivity index (χ0v) is 14.5. The van der Waals surface area contributed by atoms with E-state index in [0.717, 1.165) is 22.0 Å². The summed E-state index contributed by atoms with van der Waals surface area (Å²) in [6, 6.07) is 14.0. The number of hydrogen-bond donors (Lipinski definition) is 1. The summed E-state index contributed by atoms with van der Waals surface area (Å²) in [5, 5.41) is 2.91. The summed E-state index contributed by atoms with van der Waals surface area (Å²) in [5.41, 5.74) is 0. The van der Waals surface area contributed by atoms with Gasteiger partial charge in [0.25, 0.3) is 0 Å². The van der Waals surface area contributed by atoms with E-state index in [1.54, 1.807) is 29.7 Å². The highest BCUT2D eigenvalue weighted by molar-refractivity contribution is 8.00. The predicted octanol–water partition coefficient (Wildman–Crippen LogP) is 4.60. The molecule has 3 aromatic rings. The normalized spacial score (nSPS) is 10.7. The number of carbonyl (C=O) groups is 1. The van der Waals surface area contributed by atoms with E-state index in [2.05, 4.69) is 11.4 Å². The quantitative estimate of drug-likeness (QED) is 0.626. The highest BCUT2D eigenvalue weighted by Crippen LogP contribution is 2.28. The van der Waals surface area contributed by atoms with Gasteiger partial charge in [0.05, 0.1) is 16.9 Å². The molecular formula is C18H16FNO2S2. The highest BCUT2D eigenvalue weighted by Gasteiger charge is 2.06. The first-order chi connectivity index (χ1) is 11.7. The van der Waals surface area contributed by atoms with Crippen LogP contribution in [0.1, 0.15) is 4.88 Å². The van der Waals surface area contributed by atoms with Crippen molar-refractivity contribution in [1.29, 1.82) is 0 Å². The largest absolute Gasteiger partial charge is 0.464 e. The molecule has 1 aromatic carbocycles. The minimum atomic E-state index is -0.270. The molecule has 2 aromatic heterocycles. The van der Waals surface area contributed by atoms with Crippen LogP contribution in [0.25, 0.3) is 10.6 Å². The van der Waals surface area contributed by atoms with Crippen LogP contribution in [0.15, 0.2) is 64.1 Å². The van der Waals surface area contributed by atoms with Crippen molar-refractivity contribution in [2.45, 2.75) is 11.3 Å². The summed E-state index contributed by atoms with van der Waals surface area (Å²) in [4.78, 5) is 15.0. The van der Waals surface area contributed by atoms with Crippen LogP contribution in [0.4, 0.5) is 4.39 Å². The van der Waals surface area contributed by atoms with Crippen molar-refractivity contribution in [3.05, 3.63) is 65.5 Å². The molecular weight excluding hydrogens is 345 g/mol. The summed E-state index contributed by atoms with van der Waals surface area (Å²) in [6.07, 6.45) is 2.45. The molecule has 1 N–H and O–H groups in total. The third-order valence-corrected chi connectivity index (χ3v) is 5.47. The highest BCUT2D eigenvalue weighted by atomic mass is 32.2. The van der Waals surface area contributed by atoms with Crippen LogP contribution in [-0.4, -0.2) is 18.2 Å². The Hall–Kier alpha value is -2.05. The molecule has 0 saturated carbocycles. The van der Waals surface area contributed by atoms with Gasteiger partial charge < -0.3 is 9.73 Å². The second-order valence-electron chi connectivity index (χ2n) is 5.09. The lowest BCUT2D eigenvalue weighted by atomic mass is 10.3. The molecule has 6 heteroatoms. The van der Waals surface area contributed by atoms with E-state index >= 15 is 0 Å². The summed E-state index contributed by atoms with van der Waals surface area (Å²) in [6.45, 7) is 0.598. The number of furan rings is 1. The topological polar surface area (TPSA) is 42.2 Å². The smallest absolute Gasteiger partial charge is 0.230 e. The van der Waals surface area contributed by atoms with Gasteiger partial charge in [-0.3, -0.25) is 4.79 Å². The maximum absolute atomic E-state index is 12.8. The first-order valence-corrected chi connectivity index (χ1v) is 9.28. The number of amides is 1. The van der Waals surface area contributed by atoms with Crippen LogP contribution < -0.4 is 5.32 Å². The van der Waals surface area contributed by atoms with Crippen molar-refractivity contribution in [3.63, 3.8) is 0 Å². The van der Waals surface area contributed by atoms with Crippen LogP contribution in [0.3, 0.4) is 0 Å². The molecule has 0 bridgehead atoms. The molecule has 0 aliphatic rings. The Morgan fingerprint density at radius 2 is 2.00 bits per heavy atom. The van der Waals surface area contributed by atoms with E-state index < -0.39 is 0 Å². The molecule has 3 nitrogen and oxygen atoms in total. The Bertz CT molecular complexity index is 782. The molecule has 3 rings (SSSR count). The number of benzene rings is 1. The maximum Gasteiger partial charge on any atom is 0.230 e. The Morgan fingerprint density at radius 1 is 1.17 bits per heavy atom. The van der Waals surface area contributed by atoms with Crippen molar-refractivity contribution < 1.29 is 13.6 Å². The van der Waals surface area contributed by atoms with Gasteiger partial charge in [-0.15, -0.1) is 23.1 Å². The Labute approximate surface area is 147 Å². The third kappa shape index (κ3) is 4.72. The fraction of sp³-hybridized carbons (Fsp3) is 0.167. The SMILES string of the molecule is O=C(CSc1ccc(F)cc1)NCCc1ccc(-c2ccco2)s1. The standard InChI is InChI=1S/C18H16FNO2S2/c19-13-3-5-14(6-4-13)23-12-18(21)20-10-9-15-7-8-17(24-15)16-2-1-11-22-16/h1-8,11H,9-10,12H2,(H,20,21). The molecule has 0 radical (unpaired) electrons. The average Bonchev–Trinajstić information content (AvgIpc) is 3.25. The van der Waals surface area contributed by atoms with Crippen LogP contribution >= 0.6 is 23.1 Å². The Kier molecular flexibility index (Phi) is 5.72. The van der Waals surface area contributed by atoms with E-state index in [-0.39, 0.29) is 11.7 Å². The molecule has 1 amide bonds. The van der Waals surface area contributed by atoms with E-state index in [1.165, 1.54) is 28.8 Å². The first-order valence-electron chi connectivity index (χ1n) is 7.48. The maximum atomic E-state index is 12.8. The summed E-state index contributed by atoms with van der Waals surface area (Å²) in [5.74, 6) is 0.903. The van der Waals surface area contributed by atoms with Gasteiger partial charge in [-0.05, 0) is 55.0 Å². The molecule has 24 heavy (non-hydrogen) atoms. The molecule has 0 atom stereocenters. The molecule has 0 saturated heterocycles. The fourth-order valence-electron chi connectivity index (χ4n) is 2.12. The Balaban J connectivity index is 1.40. The van der Waals surface area contributed by atoms with Gasteiger partial charge in [0.1, 0.15) is 11.6 Å². The zero-order valence-electron chi connectivity index (χ0n) is 12.8. The van der Waals surface area contributed by atoms with E-state index in [4.69, 9.17) is 4.42 Å². The van der Waals surface area contributed by atoms with E-state index in [9.17, 15) is 9.18 Å². The second-order valence-corrected chi connectivity index (χ2v) is 7.30. The van der Waals surface area contributed by atoms with Crippen LogP contribution in [0, 0.1) is 5.82 Å². The van der Waals surface area contributed by atoms with Gasteiger partial charge in [0.15, 0.2) is 0 Å². The Morgan fingerprint density at radius 3 is 2.75 bits per heavy atom. The van der Waals surface area contributed by atoms with Gasteiger partial charge in [-0.1, -0.05) is 0 Å². The van der Waals surface area contributed by atoms with Gasteiger partial charge in [0, 0.05) is 16.3 Å². The lowest BCUT2D eigenvalue weighted by Gasteiger charge is -2.04. The lowest BCUT2D eigenvalue weighted by Crippen LogP contribution is -2.27.